The molecule has 0 heterocycles. The van der Waals surface area contributed by atoms with E-state index >= 15 is 0 Å². The van der Waals surface area contributed by atoms with E-state index in [4.69, 9.17) is 9.29 Å². The second-order valence-electron chi connectivity index (χ2n) is 7.30. The predicted octanol–water partition coefficient (Wildman–Crippen LogP) is 3.37. The molecular weight excluding hydrogens is 330 g/mol. The van der Waals surface area contributed by atoms with Crippen LogP contribution in [-0.2, 0) is 19.1 Å². The Bertz CT molecular complexity index is 442. The van der Waals surface area contributed by atoms with Gasteiger partial charge in [-0.3, -0.25) is 4.18 Å². The van der Waals surface area contributed by atoms with E-state index in [2.05, 4.69) is 6.92 Å². The van der Waals surface area contributed by atoms with Crippen LogP contribution in [0.15, 0.2) is 0 Å². The van der Waals surface area contributed by atoms with Crippen molar-refractivity contribution in [3.63, 3.8) is 0 Å². The lowest BCUT2D eigenvalue weighted by Crippen LogP contribution is -2.54. The van der Waals surface area contributed by atoms with Crippen LogP contribution in [0.5, 0.6) is 0 Å². The summed E-state index contributed by atoms with van der Waals surface area (Å²) in [5.74, 6) is -1.38. The Morgan fingerprint density at radius 2 is 1.33 bits per heavy atom. The summed E-state index contributed by atoms with van der Waals surface area (Å²) in [6, 6.07) is 0. The molecule has 0 rings (SSSR count). The number of unbranched alkanes of at least 4 members (excludes halogenated alkanes) is 9. The molecule has 0 aromatic rings. The maximum atomic E-state index is 12.1. The van der Waals surface area contributed by atoms with Gasteiger partial charge in [-0.2, -0.15) is 8.42 Å². The van der Waals surface area contributed by atoms with Crippen LogP contribution in [0.3, 0.4) is 0 Å². The molecule has 0 fully saturated rings. The first-order chi connectivity index (χ1) is 11.1. The van der Waals surface area contributed by atoms with E-state index < -0.39 is 21.5 Å². The van der Waals surface area contributed by atoms with Crippen LogP contribution in [0.1, 0.15) is 71.1 Å². The molecule has 0 amide bonds. The average molecular weight is 367 g/mol. The Morgan fingerprint density at radius 1 is 0.917 bits per heavy atom. The third-order valence-electron chi connectivity index (χ3n) is 3.93. The second-order valence-corrected chi connectivity index (χ2v) is 8.97. The second kappa shape index (κ2) is 11.8. The third kappa shape index (κ3) is 10.3. The van der Waals surface area contributed by atoms with E-state index in [0.717, 1.165) is 19.3 Å². The number of carboxylic acids is 1. The standard InChI is InChI=1S/C17H35NO5S/c1-5-6-7-8-9-10-11-12-13-14-15-23-24(21,22)16(17(19)20)18(2,3)4/h16H,5-15H2,1-4H3/p+1. The van der Waals surface area contributed by atoms with Gasteiger partial charge < -0.3 is 9.59 Å². The van der Waals surface area contributed by atoms with Gasteiger partial charge in [0.2, 0.25) is 0 Å². The van der Waals surface area contributed by atoms with Crippen LogP contribution >= 0.6 is 0 Å². The van der Waals surface area contributed by atoms with Crippen LogP contribution in [0.25, 0.3) is 0 Å². The third-order valence-corrected chi connectivity index (χ3v) is 5.81. The lowest BCUT2D eigenvalue weighted by Gasteiger charge is -2.29. The van der Waals surface area contributed by atoms with Crippen LogP contribution in [0.4, 0.5) is 0 Å². The van der Waals surface area contributed by atoms with E-state index in [0.29, 0.717) is 6.42 Å². The molecule has 1 atom stereocenters. The first kappa shape index (κ1) is 23.3. The molecule has 0 bridgehead atoms. The van der Waals surface area contributed by atoms with Gasteiger partial charge in [-0.1, -0.05) is 64.7 Å². The van der Waals surface area contributed by atoms with E-state index in [1.165, 1.54) is 59.7 Å². The number of rotatable bonds is 15. The summed E-state index contributed by atoms with van der Waals surface area (Å²) >= 11 is 0. The van der Waals surface area contributed by atoms with Crippen molar-refractivity contribution < 1.29 is 27.0 Å². The summed E-state index contributed by atoms with van der Waals surface area (Å²) < 4.78 is 28.8. The van der Waals surface area contributed by atoms with Gasteiger partial charge in [-0.15, -0.1) is 0 Å². The van der Waals surface area contributed by atoms with Gasteiger partial charge in [0, 0.05) is 0 Å². The van der Waals surface area contributed by atoms with Gasteiger partial charge in [0.1, 0.15) is 0 Å². The Kier molecular flexibility index (Phi) is 11.5. The SMILES string of the molecule is CCCCCCCCCCCCOS(=O)(=O)C(C(=O)O)[N+](C)(C)C. The summed E-state index contributed by atoms with van der Waals surface area (Å²) in [4.78, 5) is 11.2. The molecule has 0 saturated carbocycles. The molecule has 7 heteroatoms. The highest BCUT2D eigenvalue weighted by Crippen LogP contribution is 2.15. The molecule has 144 valence electrons. The lowest BCUT2D eigenvalue weighted by molar-refractivity contribution is -0.873. The van der Waals surface area contributed by atoms with Crippen molar-refractivity contribution in [2.75, 3.05) is 27.7 Å². The van der Waals surface area contributed by atoms with E-state index in [1.54, 1.807) is 0 Å². The number of likely N-dealkylation sites (N-methyl/N-ethyl adjacent to an activating group) is 1. The zero-order valence-electron chi connectivity index (χ0n) is 15.8. The summed E-state index contributed by atoms with van der Waals surface area (Å²) in [6.07, 6.45) is 11.5. The van der Waals surface area contributed by atoms with Gasteiger partial charge in [-0.25, -0.2) is 4.79 Å². The first-order valence-electron chi connectivity index (χ1n) is 9.05. The van der Waals surface area contributed by atoms with E-state index in [1.807, 2.05) is 0 Å². The van der Waals surface area contributed by atoms with Gasteiger partial charge in [0.15, 0.2) is 0 Å². The van der Waals surface area contributed by atoms with Crippen molar-refractivity contribution >= 4 is 16.1 Å². The van der Waals surface area contributed by atoms with Gasteiger partial charge in [-0.05, 0) is 6.42 Å². The zero-order chi connectivity index (χ0) is 18.6. The van der Waals surface area contributed by atoms with Crippen LogP contribution in [0.2, 0.25) is 0 Å². The van der Waals surface area contributed by atoms with Crippen LogP contribution in [-0.4, -0.2) is 57.1 Å². The van der Waals surface area contributed by atoms with Crippen molar-refractivity contribution in [3.05, 3.63) is 0 Å². The number of carbonyl (C=O) groups is 1. The average Bonchev–Trinajstić information content (AvgIpc) is 2.42. The highest BCUT2D eigenvalue weighted by Gasteiger charge is 2.44. The Morgan fingerprint density at radius 3 is 1.71 bits per heavy atom. The summed E-state index contributed by atoms with van der Waals surface area (Å²) in [7, 11) is 0.467. The highest BCUT2D eigenvalue weighted by atomic mass is 32.2. The topological polar surface area (TPSA) is 80.7 Å². The lowest BCUT2D eigenvalue weighted by atomic mass is 10.1. The molecular formula is C17H36NO5S+. The molecule has 24 heavy (non-hydrogen) atoms. The van der Waals surface area contributed by atoms with Crippen molar-refractivity contribution in [2.45, 2.75) is 76.5 Å². The van der Waals surface area contributed by atoms with Crippen LogP contribution in [0, 0.1) is 0 Å². The normalized spacial score (nSPS) is 13.8. The maximum Gasteiger partial charge on any atom is 0.381 e. The smallest absolute Gasteiger partial charge is 0.381 e. The highest BCUT2D eigenvalue weighted by molar-refractivity contribution is 7.87. The fraction of sp³-hybridized carbons (Fsp3) is 0.941. The van der Waals surface area contributed by atoms with Crippen molar-refractivity contribution in [3.8, 4) is 0 Å². The molecule has 0 saturated heterocycles. The molecule has 6 nitrogen and oxygen atoms in total. The molecule has 1 N–H and O–H groups in total. The van der Waals surface area contributed by atoms with Gasteiger partial charge in [0.05, 0.1) is 27.7 Å². The van der Waals surface area contributed by atoms with Gasteiger partial charge >= 0.3 is 21.5 Å². The Balaban J connectivity index is 3.89. The van der Waals surface area contributed by atoms with Crippen molar-refractivity contribution in [1.82, 2.24) is 0 Å². The van der Waals surface area contributed by atoms with Gasteiger partial charge in [0.25, 0.3) is 0 Å². The fourth-order valence-electron chi connectivity index (χ4n) is 2.67. The number of hydrogen-bond donors (Lipinski definition) is 1. The Labute approximate surface area is 147 Å². The molecule has 0 aliphatic heterocycles. The monoisotopic (exact) mass is 366 g/mol. The molecule has 0 aromatic carbocycles. The first-order valence-corrected chi connectivity index (χ1v) is 10.5. The molecule has 0 aliphatic carbocycles. The minimum absolute atomic E-state index is 0.0581. The number of quaternary nitrogens is 1. The molecule has 0 aromatic heterocycles. The fourth-order valence-corrected chi connectivity index (χ4v) is 4.17. The zero-order valence-corrected chi connectivity index (χ0v) is 16.6. The molecule has 0 spiro atoms. The number of aliphatic carboxylic acids is 1. The van der Waals surface area contributed by atoms with Crippen molar-refractivity contribution in [2.24, 2.45) is 0 Å². The number of carboxylic acid groups (broad SMARTS) is 1. The summed E-state index contributed by atoms with van der Waals surface area (Å²) in [6.45, 7) is 2.27. The largest absolute Gasteiger partial charge is 0.476 e. The predicted molar refractivity (Wildman–Crippen MR) is 96.2 cm³/mol. The number of hydrogen-bond acceptors (Lipinski definition) is 4. The maximum absolute atomic E-state index is 12.1. The minimum Gasteiger partial charge on any atom is -0.476 e. The number of nitrogens with zero attached hydrogens (tertiary/aromatic N) is 1. The molecule has 0 radical (unpaired) electrons. The molecule has 0 aliphatic rings. The Hall–Kier alpha value is -0.660. The van der Waals surface area contributed by atoms with Crippen molar-refractivity contribution in [1.29, 1.82) is 0 Å². The van der Waals surface area contributed by atoms with E-state index in [9.17, 15) is 13.2 Å². The summed E-state index contributed by atoms with van der Waals surface area (Å²) in [5, 5.41) is 7.55. The summed E-state index contributed by atoms with van der Waals surface area (Å²) in [5.41, 5.74) is 0. The minimum atomic E-state index is -4.12. The van der Waals surface area contributed by atoms with Crippen LogP contribution < -0.4 is 0 Å². The quantitative estimate of drug-likeness (QED) is 0.273. The van der Waals surface area contributed by atoms with E-state index in [-0.39, 0.29) is 11.1 Å². The molecule has 1 unspecified atom stereocenters.